The SMILES string of the molecule is CC(=O)Oc1ccc(/C=C2/N=C(c3ccc(C(C)(C)C)cc3)OC2=O)cc1OC(C)=O. The van der Waals surface area contributed by atoms with E-state index in [-0.39, 0.29) is 28.5 Å². The molecule has 0 fully saturated rings. The second kappa shape index (κ2) is 8.55. The molecule has 160 valence electrons. The minimum atomic E-state index is -0.590. The van der Waals surface area contributed by atoms with Gasteiger partial charge in [-0.25, -0.2) is 9.79 Å². The number of benzene rings is 2. The lowest BCUT2D eigenvalue weighted by atomic mass is 9.87. The van der Waals surface area contributed by atoms with Gasteiger partial charge in [-0.05, 0) is 46.9 Å². The number of esters is 3. The molecule has 7 heteroatoms. The quantitative estimate of drug-likeness (QED) is 0.418. The summed E-state index contributed by atoms with van der Waals surface area (Å²) in [7, 11) is 0. The number of aliphatic imine (C=N–C) groups is 1. The fourth-order valence-corrected chi connectivity index (χ4v) is 2.89. The Morgan fingerprint density at radius 1 is 0.935 bits per heavy atom. The van der Waals surface area contributed by atoms with Gasteiger partial charge in [0.15, 0.2) is 17.2 Å². The molecule has 0 amide bonds. The lowest BCUT2D eigenvalue weighted by Crippen LogP contribution is -2.11. The van der Waals surface area contributed by atoms with E-state index < -0.39 is 17.9 Å². The fraction of sp³-hybridized carbons (Fsp3) is 0.250. The first-order valence-electron chi connectivity index (χ1n) is 9.67. The number of carbonyl (C=O) groups is 3. The Hall–Kier alpha value is -3.74. The van der Waals surface area contributed by atoms with Crippen LogP contribution in [0.2, 0.25) is 0 Å². The van der Waals surface area contributed by atoms with Gasteiger partial charge in [0.2, 0.25) is 5.90 Å². The van der Waals surface area contributed by atoms with E-state index in [0.29, 0.717) is 11.1 Å². The third-order valence-corrected chi connectivity index (χ3v) is 4.40. The van der Waals surface area contributed by atoms with Gasteiger partial charge in [0.25, 0.3) is 0 Å². The molecule has 7 nitrogen and oxygen atoms in total. The van der Waals surface area contributed by atoms with Crippen LogP contribution in [0.4, 0.5) is 0 Å². The molecule has 0 unspecified atom stereocenters. The molecule has 2 aromatic carbocycles. The number of carbonyl (C=O) groups excluding carboxylic acids is 3. The van der Waals surface area contributed by atoms with E-state index >= 15 is 0 Å². The zero-order valence-corrected chi connectivity index (χ0v) is 18.0. The maximum Gasteiger partial charge on any atom is 0.363 e. The summed E-state index contributed by atoms with van der Waals surface area (Å²) in [6.45, 7) is 8.83. The van der Waals surface area contributed by atoms with Crippen LogP contribution < -0.4 is 9.47 Å². The molecule has 0 radical (unpaired) electrons. The Labute approximate surface area is 180 Å². The predicted octanol–water partition coefficient (Wildman–Crippen LogP) is 4.18. The highest BCUT2D eigenvalue weighted by atomic mass is 16.6. The summed E-state index contributed by atoms with van der Waals surface area (Å²) in [5, 5.41) is 0. The molecule has 1 heterocycles. The largest absolute Gasteiger partial charge is 0.423 e. The van der Waals surface area contributed by atoms with Crippen molar-refractivity contribution in [2.45, 2.75) is 40.0 Å². The number of hydrogen-bond donors (Lipinski definition) is 0. The Morgan fingerprint density at radius 3 is 2.13 bits per heavy atom. The minimum absolute atomic E-state index is 0.00959. The fourth-order valence-electron chi connectivity index (χ4n) is 2.89. The summed E-state index contributed by atoms with van der Waals surface area (Å²) in [5.74, 6) is -1.34. The molecule has 0 saturated heterocycles. The smallest absolute Gasteiger partial charge is 0.363 e. The summed E-state index contributed by atoms with van der Waals surface area (Å²) < 4.78 is 15.5. The molecule has 0 aliphatic carbocycles. The van der Waals surface area contributed by atoms with Crippen LogP contribution in [0.1, 0.15) is 51.3 Å². The van der Waals surface area contributed by atoms with Crippen LogP contribution in [-0.4, -0.2) is 23.8 Å². The first-order chi connectivity index (χ1) is 14.5. The van der Waals surface area contributed by atoms with E-state index in [1.807, 2.05) is 24.3 Å². The van der Waals surface area contributed by atoms with Crippen molar-refractivity contribution in [2.75, 3.05) is 0 Å². The van der Waals surface area contributed by atoms with Crippen molar-refractivity contribution >= 4 is 29.9 Å². The van der Waals surface area contributed by atoms with Crippen LogP contribution in [0.5, 0.6) is 11.5 Å². The number of rotatable bonds is 4. The van der Waals surface area contributed by atoms with Gasteiger partial charge in [0.1, 0.15) is 0 Å². The number of hydrogen-bond acceptors (Lipinski definition) is 7. The summed E-state index contributed by atoms with van der Waals surface area (Å²) in [6.07, 6.45) is 1.50. The topological polar surface area (TPSA) is 91.3 Å². The van der Waals surface area contributed by atoms with Crippen molar-refractivity contribution in [1.29, 1.82) is 0 Å². The van der Waals surface area contributed by atoms with Gasteiger partial charge in [-0.15, -0.1) is 0 Å². The van der Waals surface area contributed by atoms with Crippen LogP contribution in [0.3, 0.4) is 0 Å². The van der Waals surface area contributed by atoms with Crippen molar-refractivity contribution in [3.63, 3.8) is 0 Å². The van der Waals surface area contributed by atoms with Crippen molar-refractivity contribution in [2.24, 2.45) is 4.99 Å². The Morgan fingerprint density at radius 2 is 1.55 bits per heavy atom. The molecule has 0 atom stereocenters. The lowest BCUT2D eigenvalue weighted by Gasteiger charge is -2.18. The van der Waals surface area contributed by atoms with E-state index in [2.05, 4.69) is 25.8 Å². The molecule has 2 aromatic rings. The van der Waals surface area contributed by atoms with E-state index in [4.69, 9.17) is 14.2 Å². The molecular weight excluding hydrogens is 398 g/mol. The average Bonchev–Trinajstić information content (AvgIpc) is 3.03. The number of ether oxygens (including phenoxy) is 3. The maximum atomic E-state index is 12.3. The third kappa shape index (κ3) is 5.45. The van der Waals surface area contributed by atoms with Crippen molar-refractivity contribution in [3.8, 4) is 11.5 Å². The standard InChI is InChI=1S/C24H23NO6/c1-14(26)29-20-11-6-16(13-21(20)30-15(2)27)12-19-23(28)31-22(25-19)17-7-9-18(10-8-17)24(3,4)5/h6-13H,1-5H3/b19-12+. The zero-order valence-electron chi connectivity index (χ0n) is 18.0. The second-order valence-corrected chi connectivity index (χ2v) is 8.06. The predicted molar refractivity (Wildman–Crippen MR) is 115 cm³/mol. The van der Waals surface area contributed by atoms with E-state index in [1.165, 1.54) is 32.1 Å². The first kappa shape index (κ1) is 22.0. The summed E-state index contributed by atoms with van der Waals surface area (Å²) in [6, 6.07) is 12.2. The van der Waals surface area contributed by atoms with E-state index in [9.17, 15) is 14.4 Å². The van der Waals surface area contributed by atoms with E-state index in [1.54, 1.807) is 6.07 Å². The van der Waals surface area contributed by atoms with Crippen molar-refractivity contribution < 1.29 is 28.6 Å². The Kier molecular flexibility index (Phi) is 6.06. The molecule has 31 heavy (non-hydrogen) atoms. The monoisotopic (exact) mass is 421 g/mol. The highest BCUT2D eigenvalue weighted by molar-refractivity contribution is 6.12. The average molecular weight is 421 g/mol. The molecule has 1 aliphatic rings. The van der Waals surface area contributed by atoms with Gasteiger partial charge in [-0.2, -0.15) is 0 Å². The lowest BCUT2D eigenvalue weighted by molar-refractivity contribution is -0.134. The minimum Gasteiger partial charge on any atom is -0.423 e. The summed E-state index contributed by atoms with van der Waals surface area (Å²) >= 11 is 0. The second-order valence-electron chi connectivity index (χ2n) is 8.06. The Balaban J connectivity index is 1.90. The number of nitrogens with zero attached hydrogens (tertiary/aromatic N) is 1. The molecule has 3 rings (SSSR count). The molecule has 0 N–H and O–H groups in total. The van der Waals surface area contributed by atoms with Gasteiger partial charge >= 0.3 is 17.9 Å². The first-order valence-corrected chi connectivity index (χ1v) is 9.67. The normalized spacial score (nSPS) is 14.8. The van der Waals surface area contributed by atoms with Crippen LogP contribution >= 0.6 is 0 Å². The van der Waals surface area contributed by atoms with Crippen LogP contribution in [0.25, 0.3) is 6.08 Å². The van der Waals surface area contributed by atoms with E-state index in [0.717, 1.165) is 5.56 Å². The molecule has 0 spiro atoms. The van der Waals surface area contributed by atoms with Gasteiger partial charge < -0.3 is 14.2 Å². The molecule has 0 saturated carbocycles. The van der Waals surface area contributed by atoms with Crippen molar-refractivity contribution in [1.82, 2.24) is 0 Å². The maximum absolute atomic E-state index is 12.3. The third-order valence-electron chi connectivity index (χ3n) is 4.40. The number of cyclic esters (lactones) is 1. The summed E-state index contributed by atoms with van der Waals surface area (Å²) in [4.78, 5) is 39.2. The highest BCUT2D eigenvalue weighted by Crippen LogP contribution is 2.31. The highest BCUT2D eigenvalue weighted by Gasteiger charge is 2.25. The van der Waals surface area contributed by atoms with Gasteiger partial charge in [-0.1, -0.05) is 39.0 Å². The van der Waals surface area contributed by atoms with Crippen LogP contribution in [0, 0.1) is 0 Å². The van der Waals surface area contributed by atoms with Crippen LogP contribution in [0.15, 0.2) is 53.2 Å². The van der Waals surface area contributed by atoms with Crippen molar-refractivity contribution in [3.05, 3.63) is 64.9 Å². The van der Waals surface area contributed by atoms with Gasteiger partial charge in [0.05, 0.1) is 0 Å². The molecule has 0 aromatic heterocycles. The Bertz CT molecular complexity index is 1100. The molecular formula is C24H23NO6. The zero-order chi connectivity index (χ0) is 22.8. The van der Waals surface area contributed by atoms with Crippen LogP contribution in [-0.2, 0) is 24.5 Å². The molecule has 1 aliphatic heterocycles. The van der Waals surface area contributed by atoms with Gasteiger partial charge in [0, 0.05) is 19.4 Å². The van der Waals surface area contributed by atoms with Gasteiger partial charge in [-0.3, -0.25) is 9.59 Å². The molecule has 0 bridgehead atoms. The summed E-state index contributed by atoms with van der Waals surface area (Å²) in [5.41, 5.74) is 2.48.